The van der Waals surface area contributed by atoms with Gasteiger partial charge >= 0.3 is 5.97 Å². The number of rotatable bonds is 8. The van der Waals surface area contributed by atoms with Crippen molar-refractivity contribution in [3.8, 4) is 0 Å². The van der Waals surface area contributed by atoms with Crippen molar-refractivity contribution in [1.82, 2.24) is 4.72 Å². The van der Waals surface area contributed by atoms with E-state index < -0.39 is 16.0 Å². The molecule has 7 heteroatoms. The summed E-state index contributed by atoms with van der Waals surface area (Å²) in [4.78, 5) is 10.8. The minimum absolute atomic E-state index is 0.0339. The first-order valence-electron chi connectivity index (χ1n) is 6.79. The fraction of sp³-hybridized carbons (Fsp3) is 0.500. The molecule has 3 N–H and O–H groups in total. The van der Waals surface area contributed by atoms with Crippen LogP contribution in [0.25, 0.3) is 0 Å². The second-order valence-corrected chi connectivity index (χ2v) is 7.04. The number of anilines is 1. The standard InChI is InChI=1S/C14H22N2O4S/c1-10(2)16-21(19,20)13-7-5-4-6-12(13)15-9-11(3)8-14(17)18/h4-7,10-11,15-16H,8-9H2,1-3H3,(H,17,18). The van der Waals surface area contributed by atoms with Gasteiger partial charge in [0, 0.05) is 19.0 Å². The Morgan fingerprint density at radius 3 is 2.43 bits per heavy atom. The van der Waals surface area contributed by atoms with Crippen LogP contribution in [0.4, 0.5) is 5.69 Å². The average molecular weight is 314 g/mol. The average Bonchev–Trinajstić information content (AvgIpc) is 2.34. The molecule has 0 aromatic heterocycles. The SMILES string of the molecule is CC(CNc1ccccc1S(=O)(=O)NC(C)C)CC(=O)O. The quantitative estimate of drug-likeness (QED) is 0.681. The topological polar surface area (TPSA) is 95.5 Å². The number of carboxylic acid groups (broad SMARTS) is 1. The molecule has 0 amide bonds. The van der Waals surface area contributed by atoms with Gasteiger partial charge in [-0.25, -0.2) is 13.1 Å². The lowest BCUT2D eigenvalue weighted by atomic mass is 10.1. The normalized spacial score (nSPS) is 13.1. The van der Waals surface area contributed by atoms with Crippen molar-refractivity contribution in [2.24, 2.45) is 5.92 Å². The van der Waals surface area contributed by atoms with Gasteiger partial charge in [0.1, 0.15) is 4.90 Å². The minimum Gasteiger partial charge on any atom is -0.481 e. The van der Waals surface area contributed by atoms with Gasteiger partial charge in [0.25, 0.3) is 0 Å². The molecule has 0 aliphatic rings. The molecule has 0 saturated heterocycles. The van der Waals surface area contributed by atoms with Gasteiger partial charge in [0.15, 0.2) is 0 Å². The number of para-hydroxylation sites is 1. The van der Waals surface area contributed by atoms with Crippen molar-refractivity contribution in [2.75, 3.05) is 11.9 Å². The first-order valence-corrected chi connectivity index (χ1v) is 8.27. The summed E-state index contributed by atoms with van der Waals surface area (Å²) in [6, 6.07) is 6.38. The number of hydrogen-bond donors (Lipinski definition) is 3. The fourth-order valence-corrected chi connectivity index (χ4v) is 3.31. The van der Waals surface area contributed by atoms with Gasteiger partial charge in [-0.2, -0.15) is 0 Å². The molecule has 0 radical (unpaired) electrons. The zero-order valence-electron chi connectivity index (χ0n) is 12.5. The van der Waals surface area contributed by atoms with E-state index in [0.717, 1.165) is 0 Å². The molecular weight excluding hydrogens is 292 g/mol. The molecule has 21 heavy (non-hydrogen) atoms. The van der Waals surface area contributed by atoms with Gasteiger partial charge in [-0.3, -0.25) is 4.79 Å². The Morgan fingerprint density at radius 1 is 1.24 bits per heavy atom. The zero-order chi connectivity index (χ0) is 16.0. The van der Waals surface area contributed by atoms with Crippen LogP contribution in [0.15, 0.2) is 29.2 Å². The van der Waals surface area contributed by atoms with Crippen LogP contribution < -0.4 is 10.0 Å². The van der Waals surface area contributed by atoms with Crippen LogP contribution in [0.2, 0.25) is 0 Å². The first kappa shape index (κ1) is 17.5. The third kappa shape index (κ3) is 5.73. The number of sulfonamides is 1. The molecule has 118 valence electrons. The number of carbonyl (C=O) groups is 1. The van der Waals surface area contributed by atoms with E-state index >= 15 is 0 Å². The predicted octanol–water partition coefficient (Wildman–Crippen LogP) is 1.90. The lowest BCUT2D eigenvalue weighted by Gasteiger charge is -2.16. The highest BCUT2D eigenvalue weighted by molar-refractivity contribution is 7.89. The maximum atomic E-state index is 12.2. The second kappa shape index (κ2) is 7.42. The lowest BCUT2D eigenvalue weighted by Crippen LogP contribution is -2.31. The highest BCUT2D eigenvalue weighted by Gasteiger charge is 2.19. The van der Waals surface area contributed by atoms with E-state index in [1.54, 1.807) is 39.0 Å². The highest BCUT2D eigenvalue weighted by Crippen LogP contribution is 2.21. The van der Waals surface area contributed by atoms with Crippen LogP contribution in [0.3, 0.4) is 0 Å². The molecule has 1 atom stereocenters. The number of nitrogens with one attached hydrogen (secondary N) is 2. The third-order valence-corrected chi connectivity index (χ3v) is 4.45. The largest absolute Gasteiger partial charge is 0.481 e. The number of aliphatic carboxylic acids is 1. The van der Waals surface area contributed by atoms with Crippen molar-refractivity contribution in [1.29, 1.82) is 0 Å². The molecule has 0 heterocycles. The molecule has 0 saturated carbocycles. The molecule has 0 fully saturated rings. The molecule has 0 aliphatic heterocycles. The lowest BCUT2D eigenvalue weighted by molar-refractivity contribution is -0.137. The Hall–Kier alpha value is -1.60. The van der Waals surface area contributed by atoms with Gasteiger partial charge in [0.05, 0.1) is 5.69 Å². The van der Waals surface area contributed by atoms with E-state index in [-0.39, 0.29) is 23.3 Å². The number of carboxylic acids is 1. The summed E-state index contributed by atoms with van der Waals surface area (Å²) in [5.41, 5.74) is 0.475. The monoisotopic (exact) mass is 314 g/mol. The summed E-state index contributed by atoms with van der Waals surface area (Å²) >= 11 is 0. The molecule has 1 unspecified atom stereocenters. The molecule has 1 aromatic rings. The van der Waals surface area contributed by atoms with Crippen molar-refractivity contribution < 1.29 is 18.3 Å². The Bertz CT molecular complexity index is 584. The van der Waals surface area contributed by atoms with Gasteiger partial charge in [-0.05, 0) is 31.9 Å². The van der Waals surface area contributed by atoms with Crippen LogP contribution in [-0.4, -0.2) is 32.1 Å². The molecule has 6 nitrogen and oxygen atoms in total. The van der Waals surface area contributed by atoms with Crippen molar-refractivity contribution in [3.63, 3.8) is 0 Å². The van der Waals surface area contributed by atoms with Gasteiger partial charge < -0.3 is 10.4 Å². The van der Waals surface area contributed by atoms with Crippen LogP contribution >= 0.6 is 0 Å². The molecule has 1 rings (SSSR count). The van der Waals surface area contributed by atoms with Crippen molar-refractivity contribution in [2.45, 2.75) is 38.1 Å². The molecule has 1 aromatic carbocycles. The molecule has 0 spiro atoms. The van der Waals surface area contributed by atoms with E-state index in [1.807, 2.05) is 0 Å². The molecule has 0 bridgehead atoms. The zero-order valence-corrected chi connectivity index (χ0v) is 13.3. The van der Waals surface area contributed by atoms with Gasteiger partial charge in [-0.15, -0.1) is 0 Å². The highest BCUT2D eigenvalue weighted by atomic mass is 32.2. The van der Waals surface area contributed by atoms with Gasteiger partial charge in [0.2, 0.25) is 10.0 Å². The third-order valence-electron chi connectivity index (χ3n) is 2.73. The van der Waals surface area contributed by atoms with Crippen molar-refractivity contribution in [3.05, 3.63) is 24.3 Å². The van der Waals surface area contributed by atoms with Crippen LogP contribution in [0, 0.1) is 5.92 Å². The first-order chi connectivity index (χ1) is 9.72. The smallest absolute Gasteiger partial charge is 0.303 e. The Balaban J connectivity index is 2.87. The van der Waals surface area contributed by atoms with Gasteiger partial charge in [-0.1, -0.05) is 19.1 Å². The predicted molar refractivity (Wildman–Crippen MR) is 81.8 cm³/mol. The van der Waals surface area contributed by atoms with E-state index in [0.29, 0.717) is 12.2 Å². The second-order valence-electron chi connectivity index (χ2n) is 5.36. The minimum atomic E-state index is -3.59. The summed E-state index contributed by atoms with van der Waals surface area (Å²) in [7, 11) is -3.59. The fourth-order valence-electron chi connectivity index (χ4n) is 1.88. The van der Waals surface area contributed by atoms with Crippen molar-refractivity contribution >= 4 is 21.7 Å². The maximum absolute atomic E-state index is 12.2. The Morgan fingerprint density at radius 2 is 1.86 bits per heavy atom. The van der Waals surface area contributed by atoms with E-state index in [9.17, 15) is 13.2 Å². The van der Waals surface area contributed by atoms with E-state index in [2.05, 4.69) is 10.0 Å². The Labute approximate surface area is 125 Å². The molecular formula is C14H22N2O4S. The number of hydrogen-bond acceptors (Lipinski definition) is 4. The van der Waals surface area contributed by atoms with Crippen LogP contribution in [-0.2, 0) is 14.8 Å². The summed E-state index contributed by atoms with van der Waals surface area (Å²) < 4.78 is 27.0. The van der Waals surface area contributed by atoms with E-state index in [4.69, 9.17) is 5.11 Å². The maximum Gasteiger partial charge on any atom is 0.303 e. The Kier molecular flexibility index (Phi) is 6.17. The number of benzene rings is 1. The summed E-state index contributed by atoms with van der Waals surface area (Å²) in [5, 5.41) is 11.7. The van der Waals surface area contributed by atoms with E-state index in [1.165, 1.54) is 6.07 Å². The summed E-state index contributed by atoms with van der Waals surface area (Å²) in [6.07, 6.45) is 0.0339. The molecule has 0 aliphatic carbocycles. The summed E-state index contributed by atoms with van der Waals surface area (Å²) in [5.74, 6) is -0.969. The summed E-state index contributed by atoms with van der Waals surface area (Å²) in [6.45, 7) is 5.69. The van der Waals surface area contributed by atoms with Crippen LogP contribution in [0.5, 0.6) is 0 Å². The van der Waals surface area contributed by atoms with Crippen LogP contribution in [0.1, 0.15) is 27.2 Å².